The molecule has 1 aromatic rings. The first kappa shape index (κ1) is 13.7. The molecule has 17 heavy (non-hydrogen) atoms. The Bertz CT molecular complexity index is 484. The summed E-state index contributed by atoms with van der Waals surface area (Å²) in [6.07, 6.45) is 0.695. The Hall–Kier alpha value is -1.39. The highest BCUT2D eigenvalue weighted by molar-refractivity contribution is 6.22. The van der Waals surface area contributed by atoms with Gasteiger partial charge in [0.15, 0.2) is 0 Å². The van der Waals surface area contributed by atoms with Gasteiger partial charge in [0.1, 0.15) is 0 Å². The fourth-order valence-electron chi connectivity index (χ4n) is 2.15. The molecule has 3 N–H and O–H groups in total. The first-order valence-corrected chi connectivity index (χ1v) is 5.33. The number of nitrogens with two attached hydrogens (primary N) is 1. The van der Waals surface area contributed by atoms with E-state index in [1.807, 2.05) is 19.9 Å². The number of benzene rings is 1. The van der Waals surface area contributed by atoms with Gasteiger partial charge in [0.2, 0.25) is 0 Å². The molecule has 0 saturated carbocycles. The lowest BCUT2D eigenvalue weighted by molar-refractivity contribution is 0.0879. The summed E-state index contributed by atoms with van der Waals surface area (Å²) in [6.45, 7) is 3.83. The maximum absolute atomic E-state index is 11.7. The zero-order valence-corrected chi connectivity index (χ0v) is 10.6. The summed E-state index contributed by atoms with van der Waals surface area (Å²) in [5.74, 6) is -0.620. The van der Waals surface area contributed by atoms with E-state index in [1.165, 1.54) is 0 Å². The minimum absolute atomic E-state index is 0. The predicted molar refractivity (Wildman–Crippen MR) is 67.5 cm³/mol. The van der Waals surface area contributed by atoms with Crippen molar-refractivity contribution < 1.29 is 9.59 Å². The largest absolute Gasteiger partial charge is 0.324 e. The lowest BCUT2D eigenvalue weighted by Crippen LogP contribution is -2.20. The zero-order chi connectivity index (χ0) is 11.9. The van der Waals surface area contributed by atoms with Gasteiger partial charge < -0.3 is 5.73 Å². The van der Waals surface area contributed by atoms with Gasteiger partial charge in [-0.2, -0.15) is 0 Å². The Morgan fingerprint density at radius 1 is 1.29 bits per heavy atom. The summed E-state index contributed by atoms with van der Waals surface area (Å²) in [5, 5.41) is 2.30. The van der Waals surface area contributed by atoms with Crippen LogP contribution in [0.1, 0.15) is 51.7 Å². The van der Waals surface area contributed by atoms with Crippen LogP contribution in [0.15, 0.2) is 12.1 Å². The number of halogens is 1. The number of fused-ring (bicyclic) bond motifs is 1. The van der Waals surface area contributed by atoms with Gasteiger partial charge in [-0.15, -0.1) is 12.4 Å². The van der Waals surface area contributed by atoms with Crippen molar-refractivity contribution >= 4 is 24.2 Å². The lowest BCUT2D eigenvalue weighted by Gasteiger charge is -2.13. The van der Waals surface area contributed by atoms with Crippen LogP contribution in [0.5, 0.6) is 0 Å². The molecule has 0 radical (unpaired) electrons. The number of carbonyl (C=O) groups is 2. The molecule has 5 heteroatoms. The number of rotatable bonds is 2. The first-order chi connectivity index (χ1) is 7.56. The molecular weight excluding hydrogens is 240 g/mol. The standard InChI is InChI=1S/C12H14N2O2.ClH/c1-3-7-8(6(2)13)4-5-9-10(7)12(16)14-11(9)15;/h4-6H,3,13H2,1-2H3,(H,14,15,16);1H/t6-;/m0./s1. The number of nitrogens with one attached hydrogen (secondary N) is 1. The third-order valence-corrected chi connectivity index (χ3v) is 2.89. The molecule has 0 unspecified atom stereocenters. The van der Waals surface area contributed by atoms with E-state index in [1.54, 1.807) is 6.07 Å². The average molecular weight is 255 g/mol. The molecule has 4 nitrogen and oxygen atoms in total. The van der Waals surface area contributed by atoms with Crippen LogP contribution in [0.2, 0.25) is 0 Å². The van der Waals surface area contributed by atoms with Gasteiger partial charge in [0.25, 0.3) is 11.8 Å². The van der Waals surface area contributed by atoms with Crippen molar-refractivity contribution in [2.24, 2.45) is 5.73 Å². The smallest absolute Gasteiger partial charge is 0.259 e. The summed E-state index contributed by atoms with van der Waals surface area (Å²) in [7, 11) is 0. The van der Waals surface area contributed by atoms with E-state index < -0.39 is 0 Å². The van der Waals surface area contributed by atoms with Gasteiger partial charge in [-0.1, -0.05) is 13.0 Å². The van der Waals surface area contributed by atoms with Crippen LogP contribution in [0, 0.1) is 0 Å². The molecule has 0 bridgehead atoms. The third-order valence-electron chi connectivity index (χ3n) is 2.89. The zero-order valence-electron chi connectivity index (χ0n) is 9.74. The molecule has 0 aliphatic carbocycles. The summed E-state index contributed by atoms with van der Waals surface area (Å²) in [5.41, 5.74) is 8.64. The highest BCUT2D eigenvalue weighted by atomic mass is 35.5. The molecule has 1 heterocycles. The maximum Gasteiger partial charge on any atom is 0.259 e. The molecule has 1 aliphatic rings. The van der Waals surface area contributed by atoms with Gasteiger partial charge in [-0.25, -0.2) is 0 Å². The van der Waals surface area contributed by atoms with Crippen molar-refractivity contribution in [3.05, 3.63) is 34.4 Å². The Morgan fingerprint density at radius 3 is 2.47 bits per heavy atom. The highest BCUT2D eigenvalue weighted by Crippen LogP contribution is 2.27. The normalized spacial score (nSPS) is 15.0. The number of hydrogen-bond acceptors (Lipinski definition) is 3. The van der Waals surface area contributed by atoms with Crippen molar-refractivity contribution in [3.8, 4) is 0 Å². The van der Waals surface area contributed by atoms with Crippen LogP contribution in [0.3, 0.4) is 0 Å². The minimum Gasteiger partial charge on any atom is -0.324 e. The molecule has 0 fully saturated rings. The van der Waals surface area contributed by atoms with E-state index in [9.17, 15) is 9.59 Å². The van der Waals surface area contributed by atoms with Gasteiger partial charge in [-0.3, -0.25) is 14.9 Å². The van der Waals surface area contributed by atoms with Gasteiger partial charge in [-0.05, 0) is 30.5 Å². The summed E-state index contributed by atoms with van der Waals surface area (Å²) in [6, 6.07) is 3.37. The Morgan fingerprint density at radius 2 is 1.94 bits per heavy atom. The van der Waals surface area contributed by atoms with Gasteiger partial charge >= 0.3 is 0 Å². The van der Waals surface area contributed by atoms with E-state index in [2.05, 4.69) is 5.32 Å². The van der Waals surface area contributed by atoms with Crippen molar-refractivity contribution in [1.29, 1.82) is 0 Å². The van der Waals surface area contributed by atoms with Crippen molar-refractivity contribution in [1.82, 2.24) is 5.32 Å². The Balaban J connectivity index is 0.00000144. The molecule has 2 amide bonds. The van der Waals surface area contributed by atoms with Crippen molar-refractivity contribution in [2.45, 2.75) is 26.3 Å². The van der Waals surface area contributed by atoms with Crippen molar-refractivity contribution in [3.63, 3.8) is 0 Å². The summed E-state index contributed by atoms with van der Waals surface area (Å²) < 4.78 is 0. The lowest BCUT2D eigenvalue weighted by atomic mass is 9.92. The molecular formula is C12H15ClN2O2. The second-order valence-electron chi connectivity index (χ2n) is 3.98. The summed E-state index contributed by atoms with van der Waals surface area (Å²) >= 11 is 0. The number of carbonyl (C=O) groups excluding carboxylic acids is 2. The van der Waals surface area contributed by atoms with E-state index in [-0.39, 0.29) is 30.3 Å². The van der Waals surface area contributed by atoms with E-state index >= 15 is 0 Å². The number of amides is 2. The Labute approximate surface area is 106 Å². The fourth-order valence-corrected chi connectivity index (χ4v) is 2.15. The third kappa shape index (κ3) is 2.06. The van der Waals surface area contributed by atoms with Crippen LogP contribution in [-0.4, -0.2) is 11.8 Å². The van der Waals surface area contributed by atoms with Crippen LogP contribution in [-0.2, 0) is 6.42 Å². The molecule has 1 aliphatic heterocycles. The first-order valence-electron chi connectivity index (χ1n) is 5.33. The fraction of sp³-hybridized carbons (Fsp3) is 0.333. The maximum atomic E-state index is 11.7. The number of imide groups is 1. The second kappa shape index (κ2) is 4.85. The molecule has 1 aromatic carbocycles. The highest BCUT2D eigenvalue weighted by Gasteiger charge is 2.30. The Kier molecular flexibility index (Phi) is 3.91. The van der Waals surface area contributed by atoms with Gasteiger partial charge in [0, 0.05) is 6.04 Å². The molecule has 0 aromatic heterocycles. The molecule has 1 atom stereocenters. The predicted octanol–water partition coefficient (Wildman–Crippen LogP) is 1.57. The molecule has 0 saturated heterocycles. The minimum atomic E-state index is -0.314. The SMILES string of the molecule is CCc1c([C@H](C)N)ccc2c1C(=O)NC2=O.Cl. The molecule has 92 valence electrons. The quantitative estimate of drug-likeness (QED) is 0.787. The van der Waals surface area contributed by atoms with Crippen molar-refractivity contribution in [2.75, 3.05) is 0 Å². The van der Waals surface area contributed by atoms with E-state index in [4.69, 9.17) is 5.73 Å². The second-order valence-corrected chi connectivity index (χ2v) is 3.98. The number of hydrogen-bond donors (Lipinski definition) is 2. The van der Waals surface area contributed by atoms with E-state index in [0.29, 0.717) is 17.5 Å². The van der Waals surface area contributed by atoms with Gasteiger partial charge in [0.05, 0.1) is 11.1 Å². The topological polar surface area (TPSA) is 72.2 Å². The monoisotopic (exact) mass is 254 g/mol. The van der Waals surface area contributed by atoms with Crippen LogP contribution in [0.25, 0.3) is 0 Å². The molecule has 0 spiro atoms. The average Bonchev–Trinajstić information content (AvgIpc) is 2.53. The van der Waals surface area contributed by atoms with E-state index in [0.717, 1.165) is 11.1 Å². The molecule has 2 rings (SSSR count). The van der Waals surface area contributed by atoms with Crippen LogP contribution in [0.4, 0.5) is 0 Å². The van der Waals surface area contributed by atoms with Crippen LogP contribution < -0.4 is 11.1 Å². The van der Waals surface area contributed by atoms with Crippen LogP contribution >= 0.6 is 12.4 Å². The summed E-state index contributed by atoms with van der Waals surface area (Å²) in [4.78, 5) is 23.1.